The van der Waals surface area contributed by atoms with E-state index in [1.54, 1.807) is 41.9 Å². The molecule has 0 aliphatic rings. The molecule has 1 aromatic carbocycles. The molecule has 5 aromatic rings. The fourth-order valence-corrected chi connectivity index (χ4v) is 3.42. The van der Waals surface area contributed by atoms with Crippen LogP contribution >= 0.6 is 11.6 Å². The molecule has 4 heterocycles. The van der Waals surface area contributed by atoms with Crippen molar-refractivity contribution in [3.63, 3.8) is 0 Å². The van der Waals surface area contributed by atoms with Crippen molar-refractivity contribution in [1.29, 1.82) is 0 Å². The van der Waals surface area contributed by atoms with Crippen LogP contribution in [-0.4, -0.2) is 19.5 Å². The highest BCUT2D eigenvalue weighted by atomic mass is 35.5. The fraction of sp³-hybridized carbons (Fsp3) is 0.111. The van der Waals surface area contributed by atoms with Crippen LogP contribution in [0, 0.1) is 19.1 Å². The first kappa shape index (κ1) is 15.8. The molecule has 4 aromatic heterocycles. The monoisotopic (exact) mass is 381 g/mol. The number of fused-ring (bicyclic) bond motifs is 3. The van der Waals surface area contributed by atoms with Gasteiger partial charge in [0.2, 0.25) is 11.5 Å². The third kappa shape index (κ3) is 2.23. The maximum absolute atomic E-state index is 12.8. The van der Waals surface area contributed by atoms with Crippen molar-refractivity contribution in [3.8, 4) is 23.2 Å². The summed E-state index contributed by atoms with van der Waals surface area (Å²) >= 11 is 6.23. The van der Waals surface area contributed by atoms with Crippen molar-refractivity contribution in [2.24, 2.45) is 0 Å². The number of aryl methyl sites for hydroxylation is 2. The van der Waals surface area contributed by atoms with Gasteiger partial charge in [-0.15, -0.1) is 0 Å². The normalized spacial score (nSPS) is 11.7. The van der Waals surface area contributed by atoms with Crippen molar-refractivity contribution in [2.75, 3.05) is 0 Å². The first-order valence-electron chi connectivity index (χ1n) is 8.13. The molecule has 9 heteroatoms. The van der Waals surface area contributed by atoms with Crippen LogP contribution in [0.4, 0.5) is 0 Å². The second-order valence-electron chi connectivity index (χ2n) is 6.13. The van der Waals surface area contributed by atoms with Gasteiger partial charge in [0.05, 0.1) is 0 Å². The van der Waals surface area contributed by atoms with E-state index < -0.39 is 0 Å². The SMILES string of the molecule is Cc1ccc(-c2noc(-c3ncn4c3c(C)[n+]([O-])c3c(Cl)cccc34)n2)o1. The Kier molecular flexibility index (Phi) is 3.26. The van der Waals surface area contributed by atoms with Gasteiger partial charge >= 0.3 is 0 Å². The number of benzene rings is 1. The summed E-state index contributed by atoms with van der Waals surface area (Å²) in [5.74, 6) is 1.76. The van der Waals surface area contributed by atoms with Gasteiger partial charge in [-0.1, -0.05) is 22.8 Å². The smallest absolute Gasteiger partial charge is 0.279 e. The molecule has 0 saturated carbocycles. The van der Waals surface area contributed by atoms with Crippen LogP contribution in [0.2, 0.25) is 5.02 Å². The third-order valence-electron chi connectivity index (χ3n) is 4.43. The standard InChI is InChI=1S/C18H12ClN5O3/c1-9-6-7-13(26-9)17-21-18(27-22-17)14-15-10(2)24(25)16-11(19)4-3-5-12(16)23(15)8-20-14/h3-8H,1-2H3. The minimum absolute atomic E-state index is 0.200. The number of para-hydroxylation sites is 1. The lowest BCUT2D eigenvalue weighted by molar-refractivity contribution is -0.583. The van der Waals surface area contributed by atoms with Gasteiger partial charge in [-0.05, 0) is 31.2 Å². The molecule has 0 spiro atoms. The molecule has 0 aliphatic carbocycles. The van der Waals surface area contributed by atoms with Gasteiger partial charge in [0, 0.05) is 6.92 Å². The number of hydrogen-bond donors (Lipinski definition) is 0. The quantitative estimate of drug-likeness (QED) is 0.341. The van der Waals surface area contributed by atoms with Gasteiger partial charge < -0.3 is 14.1 Å². The molecule has 0 unspecified atom stereocenters. The molecule has 0 saturated heterocycles. The van der Waals surface area contributed by atoms with Crippen LogP contribution in [0.3, 0.4) is 0 Å². The molecule has 0 radical (unpaired) electrons. The zero-order chi connectivity index (χ0) is 18.7. The maximum atomic E-state index is 12.8. The molecule has 0 amide bonds. The average Bonchev–Trinajstić information content (AvgIpc) is 3.37. The second-order valence-corrected chi connectivity index (χ2v) is 6.54. The summed E-state index contributed by atoms with van der Waals surface area (Å²) < 4.78 is 13.5. The number of halogens is 1. The average molecular weight is 382 g/mol. The van der Waals surface area contributed by atoms with Crippen LogP contribution in [0.1, 0.15) is 11.5 Å². The van der Waals surface area contributed by atoms with Crippen molar-refractivity contribution in [1.82, 2.24) is 19.5 Å². The lowest BCUT2D eigenvalue weighted by Gasteiger charge is -2.09. The van der Waals surface area contributed by atoms with E-state index in [0.717, 1.165) is 10.5 Å². The Bertz CT molecular complexity index is 1330. The number of aromatic nitrogens is 5. The summed E-state index contributed by atoms with van der Waals surface area (Å²) in [7, 11) is 0. The van der Waals surface area contributed by atoms with E-state index in [-0.39, 0.29) is 5.89 Å². The van der Waals surface area contributed by atoms with E-state index in [1.165, 1.54) is 0 Å². The van der Waals surface area contributed by atoms with E-state index in [0.29, 0.717) is 44.5 Å². The Balaban J connectivity index is 1.76. The first-order valence-corrected chi connectivity index (χ1v) is 8.50. The summed E-state index contributed by atoms with van der Waals surface area (Å²) in [6.45, 7) is 3.53. The van der Waals surface area contributed by atoms with Crippen LogP contribution in [0.15, 0.2) is 45.6 Å². The van der Waals surface area contributed by atoms with Gasteiger partial charge in [0.15, 0.2) is 11.5 Å². The number of nitrogens with zero attached hydrogens (tertiary/aromatic N) is 5. The zero-order valence-electron chi connectivity index (χ0n) is 14.3. The second kappa shape index (κ2) is 5.55. The number of rotatable bonds is 2. The van der Waals surface area contributed by atoms with Crippen LogP contribution in [-0.2, 0) is 0 Å². The molecule has 0 aliphatic heterocycles. The Hall–Kier alpha value is -3.39. The molecule has 0 N–H and O–H groups in total. The highest BCUT2D eigenvalue weighted by molar-refractivity contribution is 6.34. The number of hydrogen-bond acceptors (Lipinski definition) is 6. The van der Waals surface area contributed by atoms with E-state index in [4.69, 9.17) is 20.5 Å². The number of imidazole rings is 1. The molecular weight excluding hydrogens is 370 g/mol. The predicted octanol–water partition coefficient (Wildman–Crippen LogP) is 3.70. The Morgan fingerprint density at radius 2 is 2.04 bits per heavy atom. The minimum Gasteiger partial charge on any atom is -0.618 e. The lowest BCUT2D eigenvalue weighted by Crippen LogP contribution is -2.32. The largest absolute Gasteiger partial charge is 0.618 e. The van der Waals surface area contributed by atoms with Gasteiger partial charge in [-0.3, -0.25) is 4.40 Å². The summed E-state index contributed by atoms with van der Waals surface area (Å²) in [4.78, 5) is 8.77. The van der Waals surface area contributed by atoms with Crippen molar-refractivity contribution >= 4 is 28.2 Å². The summed E-state index contributed by atoms with van der Waals surface area (Å²) in [6, 6.07) is 8.85. The molecule has 134 valence electrons. The van der Waals surface area contributed by atoms with Crippen molar-refractivity contribution in [2.45, 2.75) is 13.8 Å². The molecule has 0 fully saturated rings. The molecule has 27 heavy (non-hydrogen) atoms. The van der Waals surface area contributed by atoms with Gasteiger partial charge in [-0.25, -0.2) is 4.98 Å². The Morgan fingerprint density at radius 3 is 2.81 bits per heavy atom. The minimum atomic E-state index is 0.200. The molecule has 0 atom stereocenters. The summed E-state index contributed by atoms with van der Waals surface area (Å²) in [5, 5.41) is 17.1. The molecular formula is C18H12ClN5O3. The van der Waals surface area contributed by atoms with Crippen molar-refractivity contribution < 1.29 is 13.7 Å². The van der Waals surface area contributed by atoms with E-state index in [9.17, 15) is 5.21 Å². The van der Waals surface area contributed by atoms with Gasteiger partial charge in [0.25, 0.3) is 11.4 Å². The highest BCUT2D eigenvalue weighted by Crippen LogP contribution is 2.30. The third-order valence-corrected chi connectivity index (χ3v) is 4.74. The van der Waals surface area contributed by atoms with E-state index >= 15 is 0 Å². The summed E-state index contributed by atoms with van der Waals surface area (Å²) in [6.07, 6.45) is 1.61. The molecule has 5 rings (SSSR count). The van der Waals surface area contributed by atoms with Gasteiger partial charge in [-0.2, -0.15) is 9.71 Å². The van der Waals surface area contributed by atoms with E-state index in [1.807, 2.05) is 13.0 Å². The Labute approximate surface area is 157 Å². The van der Waals surface area contributed by atoms with Crippen molar-refractivity contribution in [3.05, 3.63) is 58.3 Å². The molecule has 8 nitrogen and oxygen atoms in total. The fourth-order valence-electron chi connectivity index (χ4n) is 3.17. The predicted molar refractivity (Wildman–Crippen MR) is 97.1 cm³/mol. The summed E-state index contributed by atoms with van der Waals surface area (Å²) in [5.41, 5.74) is 2.44. The highest BCUT2D eigenvalue weighted by Gasteiger charge is 2.25. The van der Waals surface area contributed by atoms with Crippen LogP contribution in [0.5, 0.6) is 0 Å². The zero-order valence-corrected chi connectivity index (χ0v) is 15.1. The lowest BCUT2D eigenvalue weighted by atomic mass is 10.2. The van der Waals surface area contributed by atoms with Gasteiger partial charge in [0.1, 0.15) is 28.1 Å². The maximum Gasteiger partial charge on any atom is 0.279 e. The first-order chi connectivity index (χ1) is 13.0. The molecule has 0 bridgehead atoms. The van der Waals surface area contributed by atoms with Crippen LogP contribution < -0.4 is 4.73 Å². The van der Waals surface area contributed by atoms with E-state index in [2.05, 4.69) is 15.1 Å². The topological polar surface area (TPSA) is 96.3 Å². The van der Waals surface area contributed by atoms with Crippen LogP contribution in [0.25, 0.3) is 39.7 Å². The number of furan rings is 1. The Morgan fingerprint density at radius 1 is 1.19 bits per heavy atom.